The van der Waals surface area contributed by atoms with Crippen LogP contribution in [-0.4, -0.2) is 17.3 Å². The molecule has 5 rings (SSSR count). The van der Waals surface area contributed by atoms with Gasteiger partial charge in [0.1, 0.15) is 0 Å². The van der Waals surface area contributed by atoms with Gasteiger partial charge in [0.15, 0.2) is 0 Å². The number of hydrogen-bond acceptors (Lipinski definition) is 2. The Morgan fingerprint density at radius 1 is 1.04 bits per heavy atom. The number of carbonyl (C=O) groups is 1. The fourth-order valence-corrected chi connectivity index (χ4v) is 5.92. The van der Waals surface area contributed by atoms with E-state index in [1.807, 2.05) is 12.1 Å². The van der Waals surface area contributed by atoms with Crippen molar-refractivity contribution < 1.29 is 4.79 Å². The van der Waals surface area contributed by atoms with Crippen molar-refractivity contribution in [3.8, 4) is 0 Å². The maximum atomic E-state index is 12.6. The van der Waals surface area contributed by atoms with Gasteiger partial charge >= 0.3 is 0 Å². The Morgan fingerprint density at radius 2 is 1.56 bits per heavy atom. The van der Waals surface area contributed by atoms with E-state index < -0.39 is 0 Å². The summed E-state index contributed by atoms with van der Waals surface area (Å²) in [7, 11) is 0. The van der Waals surface area contributed by atoms with Crippen LogP contribution in [0.4, 0.5) is 0 Å². The first-order chi connectivity index (χ1) is 12.0. The minimum atomic E-state index is 0.122. The summed E-state index contributed by atoms with van der Waals surface area (Å²) >= 11 is 0. The number of hydrogen-bond donors (Lipinski definition) is 3. The van der Waals surface area contributed by atoms with Crippen molar-refractivity contribution in [1.82, 2.24) is 5.32 Å². The lowest BCUT2D eigenvalue weighted by molar-refractivity contribution is -0.126. The molecule has 134 valence electrons. The molecule has 4 aliphatic carbocycles. The van der Waals surface area contributed by atoms with E-state index in [0.717, 1.165) is 29.7 Å². The molecular formula is C21H29N3O. The number of nitrogens with one attached hydrogen (secondary N) is 2. The lowest BCUT2D eigenvalue weighted by Crippen LogP contribution is -2.59. The van der Waals surface area contributed by atoms with Crippen LogP contribution >= 0.6 is 0 Å². The van der Waals surface area contributed by atoms with Crippen molar-refractivity contribution in [2.24, 2.45) is 23.5 Å². The third kappa shape index (κ3) is 3.73. The van der Waals surface area contributed by atoms with Gasteiger partial charge in [-0.05, 0) is 73.8 Å². The Labute approximate surface area is 150 Å². The van der Waals surface area contributed by atoms with Gasteiger partial charge in [-0.2, -0.15) is 0 Å². The van der Waals surface area contributed by atoms with Crippen LogP contribution < -0.4 is 11.1 Å². The van der Waals surface area contributed by atoms with Gasteiger partial charge in [-0.1, -0.05) is 24.3 Å². The summed E-state index contributed by atoms with van der Waals surface area (Å²) in [6.45, 7) is 0. The molecule has 4 fully saturated rings. The van der Waals surface area contributed by atoms with Crippen molar-refractivity contribution in [2.75, 3.05) is 0 Å². The van der Waals surface area contributed by atoms with E-state index >= 15 is 0 Å². The second-order valence-corrected chi connectivity index (χ2v) is 8.76. The van der Waals surface area contributed by atoms with Crippen LogP contribution in [-0.2, 0) is 17.6 Å². The van der Waals surface area contributed by atoms with Gasteiger partial charge in [0.25, 0.3) is 0 Å². The molecule has 4 N–H and O–H groups in total. The Balaban J connectivity index is 1.30. The Morgan fingerprint density at radius 3 is 2.08 bits per heavy atom. The molecule has 0 radical (unpaired) electrons. The van der Waals surface area contributed by atoms with Gasteiger partial charge in [-0.3, -0.25) is 10.2 Å². The second kappa shape index (κ2) is 6.47. The highest BCUT2D eigenvalue weighted by Crippen LogP contribution is 2.55. The third-order valence-corrected chi connectivity index (χ3v) is 6.50. The predicted molar refractivity (Wildman–Crippen MR) is 99.4 cm³/mol. The van der Waals surface area contributed by atoms with Crippen molar-refractivity contribution >= 4 is 11.7 Å². The van der Waals surface area contributed by atoms with Crippen molar-refractivity contribution in [3.05, 3.63) is 35.4 Å². The molecule has 0 heterocycles. The first-order valence-electron chi connectivity index (χ1n) is 9.71. The molecule has 4 aliphatic rings. The van der Waals surface area contributed by atoms with E-state index in [4.69, 9.17) is 11.1 Å². The highest BCUT2D eigenvalue weighted by atomic mass is 16.1. The zero-order valence-electron chi connectivity index (χ0n) is 14.9. The lowest BCUT2D eigenvalue weighted by Gasteiger charge is -2.56. The standard InChI is InChI=1S/C21H29N3O/c22-19(23)10-15-3-1-14(2-4-15)5-6-20(25)24-21-11-16-7-17(12-21)9-18(8-16)13-21/h1-4,16-18H,5-13H2,(H3,22,23)(H,24,25). The van der Waals surface area contributed by atoms with Gasteiger partial charge in [-0.15, -0.1) is 0 Å². The molecule has 0 aliphatic heterocycles. The molecule has 1 amide bonds. The highest BCUT2D eigenvalue weighted by Gasteiger charge is 2.51. The Kier molecular flexibility index (Phi) is 4.30. The second-order valence-electron chi connectivity index (χ2n) is 8.76. The molecular weight excluding hydrogens is 310 g/mol. The van der Waals surface area contributed by atoms with Crippen molar-refractivity contribution in [3.63, 3.8) is 0 Å². The molecule has 4 nitrogen and oxygen atoms in total. The molecule has 1 aromatic carbocycles. The normalized spacial score (nSPS) is 32.6. The molecule has 4 heteroatoms. The molecule has 0 aromatic heterocycles. The molecule has 25 heavy (non-hydrogen) atoms. The highest BCUT2D eigenvalue weighted by molar-refractivity contribution is 5.79. The SMILES string of the molecule is N=C(N)Cc1ccc(CCC(=O)NC23CC4CC(CC(C4)C2)C3)cc1. The summed E-state index contributed by atoms with van der Waals surface area (Å²) in [4.78, 5) is 12.6. The molecule has 0 spiro atoms. The molecule has 0 saturated heterocycles. The minimum Gasteiger partial charge on any atom is -0.387 e. The van der Waals surface area contributed by atoms with Crippen LogP contribution in [0.15, 0.2) is 24.3 Å². The number of amidine groups is 1. The summed E-state index contributed by atoms with van der Waals surface area (Å²) in [5, 5.41) is 10.8. The first-order valence-corrected chi connectivity index (χ1v) is 9.71. The summed E-state index contributed by atoms with van der Waals surface area (Å²) in [5.74, 6) is 2.98. The van der Waals surface area contributed by atoms with Crippen LogP contribution in [0.2, 0.25) is 0 Å². The number of amides is 1. The lowest BCUT2D eigenvalue weighted by atomic mass is 9.53. The van der Waals surface area contributed by atoms with Gasteiger partial charge in [-0.25, -0.2) is 0 Å². The summed E-state index contributed by atoms with van der Waals surface area (Å²) < 4.78 is 0. The van der Waals surface area contributed by atoms with Gasteiger partial charge in [0.2, 0.25) is 5.91 Å². The minimum absolute atomic E-state index is 0.122. The summed E-state index contributed by atoms with van der Waals surface area (Å²) in [6, 6.07) is 8.12. The van der Waals surface area contributed by atoms with Crippen LogP contribution in [0.1, 0.15) is 56.1 Å². The van der Waals surface area contributed by atoms with E-state index in [9.17, 15) is 4.79 Å². The topological polar surface area (TPSA) is 79.0 Å². The molecule has 0 atom stereocenters. The van der Waals surface area contributed by atoms with Crippen LogP contribution in [0.25, 0.3) is 0 Å². The molecule has 1 aromatic rings. The largest absolute Gasteiger partial charge is 0.387 e. The number of aryl methyl sites for hydroxylation is 1. The van der Waals surface area contributed by atoms with E-state index in [1.54, 1.807) is 0 Å². The first kappa shape index (κ1) is 16.6. The smallest absolute Gasteiger partial charge is 0.220 e. The molecule has 4 saturated carbocycles. The zero-order chi connectivity index (χ0) is 17.4. The fraction of sp³-hybridized carbons (Fsp3) is 0.619. The number of carbonyl (C=O) groups excluding carboxylic acids is 1. The average Bonchev–Trinajstić information content (AvgIpc) is 2.52. The Bertz CT molecular complexity index is 629. The van der Waals surface area contributed by atoms with E-state index in [2.05, 4.69) is 17.4 Å². The van der Waals surface area contributed by atoms with Gasteiger partial charge in [0.05, 0.1) is 5.84 Å². The van der Waals surface area contributed by atoms with Crippen LogP contribution in [0, 0.1) is 23.2 Å². The van der Waals surface area contributed by atoms with E-state index in [-0.39, 0.29) is 17.3 Å². The van der Waals surface area contributed by atoms with Crippen LogP contribution in [0.3, 0.4) is 0 Å². The summed E-state index contributed by atoms with van der Waals surface area (Å²) in [6.07, 6.45) is 9.68. The molecule has 0 unspecified atom stereocenters. The Hall–Kier alpha value is -1.84. The summed E-state index contributed by atoms with van der Waals surface area (Å²) in [5.41, 5.74) is 7.78. The molecule has 4 bridgehead atoms. The van der Waals surface area contributed by atoms with Gasteiger partial charge in [0, 0.05) is 18.4 Å². The van der Waals surface area contributed by atoms with E-state index in [0.29, 0.717) is 12.8 Å². The van der Waals surface area contributed by atoms with Crippen molar-refractivity contribution in [1.29, 1.82) is 5.41 Å². The van der Waals surface area contributed by atoms with Crippen molar-refractivity contribution in [2.45, 2.75) is 63.3 Å². The quantitative estimate of drug-likeness (QED) is 0.550. The van der Waals surface area contributed by atoms with Gasteiger partial charge < -0.3 is 11.1 Å². The fourth-order valence-electron chi connectivity index (χ4n) is 5.92. The zero-order valence-corrected chi connectivity index (χ0v) is 14.9. The van der Waals surface area contributed by atoms with Crippen LogP contribution in [0.5, 0.6) is 0 Å². The number of benzene rings is 1. The predicted octanol–water partition coefficient (Wildman–Crippen LogP) is 3.18. The van der Waals surface area contributed by atoms with E-state index in [1.165, 1.54) is 44.1 Å². The number of rotatable bonds is 6. The third-order valence-electron chi connectivity index (χ3n) is 6.50. The maximum Gasteiger partial charge on any atom is 0.220 e. The monoisotopic (exact) mass is 339 g/mol. The maximum absolute atomic E-state index is 12.6. The average molecular weight is 339 g/mol. The number of nitrogens with two attached hydrogens (primary N) is 1.